The van der Waals surface area contributed by atoms with Crippen LogP contribution in [0.2, 0.25) is 0 Å². The van der Waals surface area contributed by atoms with Crippen LogP contribution >= 0.6 is 0 Å². The van der Waals surface area contributed by atoms with E-state index in [1.165, 1.54) is 0 Å². The van der Waals surface area contributed by atoms with E-state index in [0.29, 0.717) is 13.2 Å². The van der Waals surface area contributed by atoms with Crippen LogP contribution in [-0.4, -0.2) is 31.0 Å². The molecule has 0 saturated heterocycles. The Morgan fingerprint density at radius 1 is 1.42 bits per heavy atom. The molecule has 0 spiro atoms. The van der Waals surface area contributed by atoms with Gasteiger partial charge >= 0.3 is 0 Å². The molecule has 19 heavy (non-hydrogen) atoms. The Hall–Kier alpha value is -1.77. The largest absolute Gasteiger partial charge is 0.491 e. The topological polar surface area (TPSA) is 29.5 Å². The van der Waals surface area contributed by atoms with Crippen molar-refractivity contribution in [3.8, 4) is 5.75 Å². The summed E-state index contributed by atoms with van der Waals surface area (Å²) in [7, 11) is 1.81. The Kier molecular flexibility index (Phi) is 6.13. The van der Waals surface area contributed by atoms with Gasteiger partial charge in [-0.25, -0.2) is 0 Å². The predicted molar refractivity (Wildman–Crippen MR) is 78.3 cm³/mol. The Bertz CT molecular complexity index is 427. The summed E-state index contributed by atoms with van der Waals surface area (Å²) < 4.78 is 5.75. The lowest BCUT2D eigenvalue weighted by Crippen LogP contribution is -2.33. The van der Waals surface area contributed by atoms with Crippen LogP contribution in [0.4, 0.5) is 0 Å². The smallest absolute Gasteiger partial charge is 0.224 e. The quantitative estimate of drug-likeness (QED) is 0.706. The minimum Gasteiger partial charge on any atom is -0.491 e. The number of carbonyl (C=O) groups is 1. The zero-order chi connectivity index (χ0) is 14.3. The first-order valence-corrected chi connectivity index (χ1v) is 6.62. The zero-order valence-electron chi connectivity index (χ0n) is 12.1. The third-order valence-corrected chi connectivity index (χ3v) is 2.89. The summed E-state index contributed by atoms with van der Waals surface area (Å²) in [5, 5.41) is 0. The summed E-state index contributed by atoms with van der Waals surface area (Å²) in [4.78, 5) is 13.4. The number of para-hydroxylation sites is 1. The van der Waals surface area contributed by atoms with Crippen LogP contribution in [0, 0.1) is 5.92 Å². The number of hydrogen-bond acceptors (Lipinski definition) is 2. The van der Waals surface area contributed by atoms with E-state index >= 15 is 0 Å². The normalized spacial score (nSPS) is 10.3. The maximum atomic E-state index is 11.7. The Balaban J connectivity index is 2.49. The van der Waals surface area contributed by atoms with Gasteiger partial charge in [0.2, 0.25) is 5.91 Å². The number of carbonyl (C=O) groups excluding carboxylic acids is 1. The Morgan fingerprint density at radius 3 is 2.74 bits per heavy atom. The number of amides is 1. The third kappa shape index (κ3) is 4.78. The molecule has 3 nitrogen and oxygen atoms in total. The van der Waals surface area contributed by atoms with E-state index in [0.717, 1.165) is 17.7 Å². The maximum absolute atomic E-state index is 11.7. The van der Waals surface area contributed by atoms with E-state index in [-0.39, 0.29) is 11.8 Å². The number of ether oxygens (including phenoxy) is 1. The highest BCUT2D eigenvalue weighted by Gasteiger charge is 2.12. The molecule has 0 unspecified atom stereocenters. The van der Waals surface area contributed by atoms with Crippen molar-refractivity contribution in [2.75, 3.05) is 20.2 Å². The molecule has 0 aliphatic heterocycles. The van der Waals surface area contributed by atoms with Crippen molar-refractivity contribution in [1.82, 2.24) is 4.90 Å². The zero-order valence-corrected chi connectivity index (χ0v) is 12.1. The fourth-order valence-corrected chi connectivity index (χ4v) is 1.81. The van der Waals surface area contributed by atoms with Crippen LogP contribution < -0.4 is 4.74 Å². The lowest BCUT2D eigenvalue weighted by atomic mass is 10.1. The molecule has 1 rings (SSSR count). The van der Waals surface area contributed by atoms with Gasteiger partial charge in [0.05, 0.1) is 6.54 Å². The first-order valence-electron chi connectivity index (χ1n) is 6.62. The van der Waals surface area contributed by atoms with Crippen LogP contribution in [0.15, 0.2) is 36.9 Å². The fraction of sp³-hybridized carbons (Fsp3) is 0.438. The molecule has 0 radical (unpaired) electrons. The van der Waals surface area contributed by atoms with Gasteiger partial charge in [0.1, 0.15) is 12.4 Å². The van der Waals surface area contributed by atoms with Crippen LogP contribution in [0.3, 0.4) is 0 Å². The monoisotopic (exact) mass is 261 g/mol. The standard InChI is InChI=1S/C16H23NO2/c1-5-8-14-9-6-7-10-15(14)19-12-11-17(4)16(18)13(2)3/h5-7,9-10,13H,1,8,11-12H2,2-4H3. The molecule has 1 aromatic rings. The maximum Gasteiger partial charge on any atom is 0.224 e. The van der Waals surface area contributed by atoms with E-state index in [2.05, 4.69) is 6.58 Å². The predicted octanol–water partition coefficient (Wildman–Crippen LogP) is 2.91. The summed E-state index contributed by atoms with van der Waals surface area (Å²) in [5.74, 6) is 1.04. The lowest BCUT2D eigenvalue weighted by Gasteiger charge is -2.20. The van der Waals surface area contributed by atoms with Gasteiger partial charge in [0, 0.05) is 13.0 Å². The molecule has 0 aliphatic rings. The van der Waals surface area contributed by atoms with Crippen molar-refractivity contribution in [2.45, 2.75) is 20.3 Å². The van der Waals surface area contributed by atoms with Gasteiger partial charge in [-0.2, -0.15) is 0 Å². The average Bonchev–Trinajstić information content (AvgIpc) is 2.39. The second-order valence-electron chi connectivity index (χ2n) is 4.86. The molecule has 0 fully saturated rings. The summed E-state index contributed by atoms with van der Waals surface area (Å²) in [6, 6.07) is 7.91. The fourth-order valence-electron chi connectivity index (χ4n) is 1.81. The first-order chi connectivity index (χ1) is 9.06. The SMILES string of the molecule is C=CCc1ccccc1OCCN(C)C(=O)C(C)C. The molecule has 1 amide bonds. The Morgan fingerprint density at radius 2 is 2.11 bits per heavy atom. The summed E-state index contributed by atoms with van der Waals surface area (Å²) in [5.41, 5.74) is 1.12. The molecule has 1 aromatic carbocycles. The number of hydrogen-bond donors (Lipinski definition) is 0. The summed E-state index contributed by atoms with van der Waals surface area (Å²) in [6.45, 7) is 8.64. The van der Waals surface area contributed by atoms with E-state index in [9.17, 15) is 4.79 Å². The molecule has 104 valence electrons. The first kappa shape index (κ1) is 15.3. The van der Waals surface area contributed by atoms with Crippen molar-refractivity contribution in [3.05, 3.63) is 42.5 Å². The molecular weight excluding hydrogens is 238 g/mol. The molecule has 0 bridgehead atoms. The van der Waals surface area contributed by atoms with Gasteiger partial charge in [0.15, 0.2) is 0 Å². The van der Waals surface area contributed by atoms with Crippen molar-refractivity contribution >= 4 is 5.91 Å². The number of benzene rings is 1. The summed E-state index contributed by atoms with van der Waals surface area (Å²) >= 11 is 0. The minimum atomic E-state index is 0.0260. The van der Waals surface area contributed by atoms with Crippen LogP contribution in [0.25, 0.3) is 0 Å². The molecule has 3 heteroatoms. The molecule has 0 aromatic heterocycles. The van der Waals surface area contributed by atoms with Crippen molar-refractivity contribution in [1.29, 1.82) is 0 Å². The number of nitrogens with zero attached hydrogens (tertiary/aromatic N) is 1. The molecule has 0 aliphatic carbocycles. The van der Waals surface area contributed by atoms with Crippen LogP contribution in [-0.2, 0) is 11.2 Å². The third-order valence-electron chi connectivity index (χ3n) is 2.89. The molecule has 0 saturated carbocycles. The number of likely N-dealkylation sites (N-methyl/N-ethyl adjacent to an activating group) is 1. The van der Waals surface area contributed by atoms with Gasteiger partial charge < -0.3 is 9.64 Å². The summed E-state index contributed by atoms with van der Waals surface area (Å²) in [6.07, 6.45) is 2.65. The van der Waals surface area contributed by atoms with E-state index < -0.39 is 0 Å². The Labute approximate surface area is 115 Å². The second-order valence-corrected chi connectivity index (χ2v) is 4.86. The number of allylic oxidation sites excluding steroid dienone is 1. The van der Waals surface area contributed by atoms with E-state index in [4.69, 9.17) is 4.74 Å². The van der Waals surface area contributed by atoms with E-state index in [1.807, 2.05) is 44.2 Å². The molecule has 0 heterocycles. The molecular formula is C16H23NO2. The van der Waals surface area contributed by atoms with Gasteiger partial charge in [-0.15, -0.1) is 6.58 Å². The van der Waals surface area contributed by atoms with E-state index in [1.54, 1.807) is 11.9 Å². The van der Waals surface area contributed by atoms with Crippen molar-refractivity contribution in [3.63, 3.8) is 0 Å². The number of rotatable bonds is 7. The van der Waals surface area contributed by atoms with Gasteiger partial charge in [0.25, 0.3) is 0 Å². The van der Waals surface area contributed by atoms with Gasteiger partial charge in [-0.1, -0.05) is 38.1 Å². The minimum absolute atomic E-state index is 0.0260. The average molecular weight is 261 g/mol. The highest BCUT2D eigenvalue weighted by atomic mass is 16.5. The van der Waals surface area contributed by atoms with Crippen molar-refractivity contribution in [2.24, 2.45) is 5.92 Å². The molecule has 0 atom stereocenters. The highest BCUT2D eigenvalue weighted by Crippen LogP contribution is 2.18. The van der Waals surface area contributed by atoms with Gasteiger partial charge in [-0.05, 0) is 18.1 Å². The lowest BCUT2D eigenvalue weighted by molar-refractivity contribution is -0.133. The molecule has 0 N–H and O–H groups in total. The highest BCUT2D eigenvalue weighted by molar-refractivity contribution is 5.77. The van der Waals surface area contributed by atoms with Gasteiger partial charge in [-0.3, -0.25) is 4.79 Å². The van der Waals surface area contributed by atoms with Crippen molar-refractivity contribution < 1.29 is 9.53 Å². The van der Waals surface area contributed by atoms with Crippen LogP contribution in [0.5, 0.6) is 5.75 Å². The van der Waals surface area contributed by atoms with Crippen LogP contribution in [0.1, 0.15) is 19.4 Å². The second kappa shape index (κ2) is 7.62.